The summed E-state index contributed by atoms with van der Waals surface area (Å²) in [4.78, 5) is 32.3. The number of nitrogens with zero attached hydrogens (tertiary/aromatic N) is 3. The van der Waals surface area contributed by atoms with Crippen molar-refractivity contribution in [3.05, 3.63) is 17.5 Å². The minimum atomic E-state index is -0.451. The first kappa shape index (κ1) is 11.8. The van der Waals surface area contributed by atoms with Crippen molar-refractivity contribution >= 4 is 29.3 Å². The molecule has 1 aromatic heterocycles. The number of hydrogen-bond acceptors (Lipinski definition) is 5. The molecule has 1 unspecified atom stereocenters. The van der Waals surface area contributed by atoms with Crippen molar-refractivity contribution in [2.75, 3.05) is 18.6 Å². The topological polar surface area (TPSA) is 72.4 Å². The van der Waals surface area contributed by atoms with Gasteiger partial charge in [-0.1, -0.05) is 11.6 Å². The van der Waals surface area contributed by atoms with Crippen molar-refractivity contribution in [1.29, 1.82) is 0 Å². The van der Waals surface area contributed by atoms with E-state index < -0.39 is 11.9 Å². The number of ether oxygens (including phenoxy) is 1. The molecule has 0 aromatic carbocycles. The molecule has 1 aliphatic rings. The molecule has 2 heterocycles. The molecule has 1 amide bonds. The van der Waals surface area contributed by atoms with E-state index in [0.717, 1.165) is 0 Å². The Morgan fingerprint density at radius 3 is 3.00 bits per heavy atom. The number of carbonyl (C=O) groups is 2. The van der Waals surface area contributed by atoms with Crippen LogP contribution in [0, 0.1) is 5.92 Å². The number of hydrogen-bond donors (Lipinski definition) is 0. The summed E-state index contributed by atoms with van der Waals surface area (Å²) in [5.41, 5.74) is 0. The highest BCUT2D eigenvalue weighted by molar-refractivity contribution is 6.29. The van der Waals surface area contributed by atoms with Gasteiger partial charge in [0, 0.05) is 13.0 Å². The fourth-order valence-electron chi connectivity index (χ4n) is 1.72. The normalized spacial score (nSPS) is 19.5. The molecule has 6 nitrogen and oxygen atoms in total. The molecule has 1 aromatic rings. The van der Waals surface area contributed by atoms with Crippen LogP contribution in [-0.2, 0) is 14.3 Å². The lowest BCUT2D eigenvalue weighted by molar-refractivity contribution is -0.145. The molecule has 2 rings (SSSR count). The zero-order valence-corrected chi connectivity index (χ0v) is 9.85. The smallest absolute Gasteiger partial charge is 0.311 e. The first-order valence-corrected chi connectivity index (χ1v) is 5.35. The van der Waals surface area contributed by atoms with Gasteiger partial charge in [0.05, 0.1) is 25.4 Å². The number of esters is 1. The van der Waals surface area contributed by atoms with Gasteiger partial charge in [0.15, 0.2) is 5.82 Å². The van der Waals surface area contributed by atoms with E-state index in [1.165, 1.54) is 24.4 Å². The van der Waals surface area contributed by atoms with E-state index in [0.29, 0.717) is 5.82 Å². The van der Waals surface area contributed by atoms with E-state index in [4.69, 9.17) is 11.6 Å². The van der Waals surface area contributed by atoms with Crippen molar-refractivity contribution in [1.82, 2.24) is 9.97 Å². The third-order valence-electron chi connectivity index (χ3n) is 2.53. The highest BCUT2D eigenvalue weighted by Crippen LogP contribution is 2.24. The summed E-state index contributed by atoms with van der Waals surface area (Å²) in [6.45, 7) is 0.251. The van der Waals surface area contributed by atoms with Gasteiger partial charge in [0.2, 0.25) is 5.91 Å². The molecular weight excluding hydrogens is 246 g/mol. The number of aromatic nitrogens is 2. The summed E-state index contributed by atoms with van der Waals surface area (Å²) in [5.74, 6) is -0.671. The molecule has 7 heteroatoms. The van der Waals surface area contributed by atoms with Crippen LogP contribution in [0.3, 0.4) is 0 Å². The predicted molar refractivity (Wildman–Crippen MR) is 59.5 cm³/mol. The third kappa shape index (κ3) is 2.36. The SMILES string of the molecule is COC(=O)C1CC(=O)N(c2cncc(Cl)n2)C1. The summed E-state index contributed by atoms with van der Waals surface area (Å²) in [7, 11) is 1.30. The fraction of sp³-hybridized carbons (Fsp3) is 0.400. The van der Waals surface area contributed by atoms with E-state index >= 15 is 0 Å². The van der Waals surface area contributed by atoms with Gasteiger partial charge in [-0.2, -0.15) is 0 Å². The molecule has 1 saturated heterocycles. The van der Waals surface area contributed by atoms with Gasteiger partial charge in [-0.25, -0.2) is 4.98 Å². The molecule has 0 saturated carbocycles. The lowest BCUT2D eigenvalue weighted by atomic mass is 10.1. The van der Waals surface area contributed by atoms with Crippen LogP contribution in [0.25, 0.3) is 0 Å². The van der Waals surface area contributed by atoms with Crippen LogP contribution in [0.15, 0.2) is 12.4 Å². The van der Waals surface area contributed by atoms with Crippen LogP contribution in [0.5, 0.6) is 0 Å². The van der Waals surface area contributed by atoms with E-state index in [1.807, 2.05) is 0 Å². The van der Waals surface area contributed by atoms with Crippen molar-refractivity contribution in [2.45, 2.75) is 6.42 Å². The first-order valence-electron chi connectivity index (χ1n) is 4.97. The number of methoxy groups -OCH3 is 1. The second-order valence-electron chi connectivity index (χ2n) is 3.63. The van der Waals surface area contributed by atoms with Crippen LogP contribution >= 0.6 is 11.6 Å². The maximum Gasteiger partial charge on any atom is 0.311 e. The molecule has 0 bridgehead atoms. The Labute approximate surface area is 103 Å². The molecule has 0 spiro atoms. The zero-order valence-electron chi connectivity index (χ0n) is 9.09. The third-order valence-corrected chi connectivity index (χ3v) is 2.71. The number of rotatable bonds is 2. The molecule has 0 aliphatic carbocycles. The van der Waals surface area contributed by atoms with E-state index in [1.54, 1.807) is 0 Å². The summed E-state index contributed by atoms with van der Waals surface area (Å²) in [5, 5.41) is 0.205. The Kier molecular flexibility index (Phi) is 3.23. The largest absolute Gasteiger partial charge is 0.469 e. The van der Waals surface area contributed by atoms with Crippen LogP contribution in [-0.4, -0.2) is 35.5 Å². The van der Waals surface area contributed by atoms with E-state index in [-0.39, 0.29) is 24.0 Å². The minimum absolute atomic E-state index is 0.126. The number of carbonyl (C=O) groups excluding carboxylic acids is 2. The molecule has 1 aliphatic heterocycles. The lowest BCUT2D eigenvalue weighted by Gasteiger charge is -2.14. The average molecular weight is 256 g/mol. The van der Waals surface area contributed by atoms with E-state index in [9.17, 15) is 9.59 Å². The highest BCUT2D eigenvalue weighted by atomic mass is 35.5. The summed E-state index contributed by atoms with van der Waals surface area (Å²) >= 11 is 5.69. The maximum atomic E-state index is 11.7. The summed E-state index contributed by atoms with van der Waals surface area (Å²) in [6, 6.07) is 0. The Morgan fingerprint density at radius 1 is 1.59 bits per heavy atom. The van der Waals surface area contributed by atoms with Crippen molar-refractivity contribution in [3.8, 4) is 0 Å². The summed E-state index contributed by atoms with van der Waals surface area (Å²) < 4.78 is 4.61. The Morgan fingerprint density at radius 2 is 2.35 bits per heavy atom. The zero-order chi connectivity index (χ0) is 12.4. The van der Waals surface area contributed by atoms with Crippen molar-refractivity contribution in [2.24, 2.45) is 5.92 Å². The molecule has 0 radical (unpaired) electrons. The van der Waals surface area contributed by atoms with Gasteiger partial charge in [0.1, 0.15) is 5.15 Å². The van der Waals surface area contributed by atoms with E-state index in [2.05, 4.69) is 14.7 Å². The van der Waals surface area contributed by atoms with Gasteiger partial charge in [-0.3, -0.25) is 19.5 Å². The molecule has 1 atom stereocenters. The maximum absolute atomic E-state index is 11.7. The molecule has 17 heavy (non-hydrogen) atoms. The van der Waals surface area contributed by atoms with Gasteiger partial charge in [-0.15, -0.1) is 0 Å². The van der Waals surface area contributed by atoms with Gasteiger partial charge in [-0.05, 0) is 0 Å². The van der Waals surface area contributed by atoms with Crippen LogP contribution in [0.1, 0.15) is 6.42 Å². The average Bonchev–Trinajstić information content (AvgIpc) is 2.70. The highest BCUT2D eigenvalue weighted by Gasteiger charge is 2.36. The Balaban J connectivity index is 2.18. The number of anilines is 1. The molecule has 90 valence electrons. The van der Waals surface area contributed by atoms with Crippen molar-refractivity contribution in [3.63, 3.8) is 0 Å². The van der Waals surface area contributed by atoms with Gasteiger partial charge in [0.25, 0.3) is 0 Å². The van der Waals surface area contributed by atoms with Crippen LogP contribution in [0.4, 0.5) is 5.82 Å². The predicted octanol–water partition coefficient (Wildman–Crippen LogP) is 0.656. The summed E-state index contributed by atoms with van der Waals surface area (Å²) in [6.07, 6.45) is 2.94. The monoisotopic (exact) mass is 255 g/mol. The van der Waals surface area contributed by atoms with Crippen LogP contribution in [0.2, 0.25) is 5.15 Å². The van der Waals surface area contributed by atoms with Gasteiger partial charge < -0.3 is 4.74 Å². The van der Waals surface area contributed by atoms with Crippen molar-refractivity contribution < 1.29 is 14.3 Å². The number of amides is 1. The lowest BCUT2D eigenvalue weighted by Crippen LogP contribution is -2.27. The Hall–Kier alpha value is -1.69. The Bertz CT molecular complexity index is 466. The second-order valence-corrected chi connectivity index (χ2v) is 4.02. The number of halogens is 1. The fourth-order valence-corrected chi connectivity index (χ4v) is 1.86. The standard InChI is InChI=1S/C10H10ClN3O3/c1-17-10(16)6-2-9(15)14(5-6)8-4-12-3-7(11)13-8/h3-4,6H,2,5H2,1H3. The molecular formula is C10H10ClN3O3. The first-order chi connectivity index (χ1) is 8.11. The second kappa shape index (κ2) is 4.67. The molecule has 0 N–H and O–H groups in total. The van der Waals surface area contributed by atoms with Gasteiger partial charge >= 0.3 is 5.97 Å². The minimum Gasteiger partial charge on any atom is -0.469 e. The molecule has 1 fully saturated rings. The van der Waals surface area contributed by atoms with Crippen LogP contribution < -0.4 is 4.90 Å². The quantitative estimate of drug-likeness (QED) is 0.726.